The summed E-state index contributed by atoms with van der Waals surface area (Å²) in [4.78, 5) is 12.2. The molecule has 136 valence electrons. The van der Waals surface area contributed by atoms with Crippen LogP contribution in [0, 0.1) is 5.41 Å². The highest BCUT2D eigenvalue weighted by Crippen LogP contribution is 2.43. The fourth-order valence-corrected chi connectivity index (χ4v) is 3.79. The normalized spacial score (nSPS) is 14.9. The average Bonchev–Trinajstić information content (AvgIpc) is 2.51. The van der Waals surface area contributed by atoms with E-state index in [4.69, 9.17) is 9.47 Å². The molecule has 1 aromatic carbocycles. The van der Waals surface area contributed by atoms with Gasteiger partial charge in [-0.2, -0.15) is 0 Å². The highest BCUT2D eigenvalue weighted by Gasteiger charge is 2.49. The van der Waals surface area contributed by atoms with Gasteiger partial charge in [0.05, 0.1) is 34.3 Å². The van der Waals surface area contributed by atoms with Gasteiger partial charge in [-0.25, -0.2) is 0 Å². The standard InChI is InChI=1S/C18H30O5Si/c1-17(2,16(20)23-5)18(3,21)14-9-12(24(6,7)8)10-15(22-4)13(14)11-19/h9-10,19,21H,11H2,1-8H3. The van der Waals surface area contributed by atoms with Gasteiger partial charge in [0.2, 0.25) is 0 Å². The number of aliphatic hydroxyl groups excluding tert-OH is 1. The van der Waals surface area contributed by atoms with Crippen molar-refractivity contribution >= 4 is 19.2 Å². The fraction of sp³-hybridized carbons (Fsp3) is 0.611. The van der Waals surface area contributed by atoms with Crippen molar-refractivity contribution in [3.05, 3.63) is 23.3 Å². The van der Waals surface area contributed by atoms with Gasteiger partial charge in [0, 0.05) is 5.56 Å². The maximum Gasteiger partial charge on any atom is 0.314 e. The smallest absolute Gasteiger partial charge is 0.314 e. The lowest BCUT2D eigenvalue weighted by atomic mass is 9.70. The number of methoxy groups -OCH3 is 2. The molecule has 0 heterocycles. The van der Waals surface area contributed by atoms with Crippen LogP contribution in [0.4, 0.5) is 0 Å². The molecule has 0 aromatic heterocycles. The van der Waals surface area contributed by atoms with Crippen LogP contribution in [-0.2, 0) is 21.7 Å². The largest absolute Gasteiger partial charge is 0.496 e. The van der Waals surface area contributed by atoms with Gasteiger partial charge in [0.1, 0.15) is 11.4 Å². The van der Waals surface area contributed by atoms with E-state index in [0.717, 1.165) is 5.19 Å². The lowest BCUT2D eigenvalue weighted by molar-refractivity contribution is -0.167. The molecule has 0 saturated carbocycles. The molecule has 0 saturated heterocycles. The number of benzene rings is 1. The first-order valence-corrected chi connectivity index (χ1v) is 11.5. The van der Waals surface area contributed by atoms with Crippen LogP contribution in [0.5, 0.6) is 5.75 Å². The molecule has 1 rings (SSSR count). The molecule has 0 aliphatic carbocycles. The number of rotatable bonds is 6. The Kier molecular flexibility index (Phi) is 5.91. The number of carbonyl (C=O) groups excluding carboxylic acids is 1. The van der Waals surface area contributed by atoms with Gasteiger partial charge in [-0.15, -0.1) is 0 Å². The van der Waals surface area contributed by atoms with Crippen molar-refractivity contribution in [1.82, 2.24) is 0 Å². The van der Waals surface area contributed by atoms with Gasteiger partial charge >= 0.3 is 5.97 Å². The molecular weight excluding hydrogens is 324 g/mol. The summed E-state index contributed by atoms with van der Waals surface area (Å²) in [5.41, 5.74) is -1.76. The third kappa shape index (κ3) is 3.50. The van der Waals surface area contributed by atoms with E-state index >= 15 is 0 Å². The van der Waals surface area contributed by atoms with Crippen LogP contribution in [-0.4, -0.2) is 38.5 Å². The summed E-state index contributed by atoms with van der Waals surface area (Å²) in [6.07, 6.45) is 0. The van der Waals surface area contributed by atoms with Crippen molar-refractivity contribution in [1.29, 1.82) is 0 Å². The maximum atomic E-state index is 12.2. The molecule has 24 heavy (non-hydrogen) atoms. The number of carbonyl (C=O) groups is 1. The summed E-state index contributed by atoms with van der Waals surface area (Å²) in [5.74, 6) is 0.00197. The van der Waals surface area contributed by atoms with E-state index in [1.165, 1.54) is 14.2 Å². The second kappa shape index (κ2) is 6.86. The van der Waals surface area contributed by atoms with Gasteiger partial charge < -0.3 is 19.7 Å². The molecule has 1 unspecified atom stereocenters. The molecular formula is C18H30O5Si. The number of hydrogen-bond donors (Lipinski definition) is 2. The summed E-state index contributed by atoms with van der Waals surface area (Å²) < 4.78 is 10.3. The van der Waals surface area contributed by atoms with Crippen LogP contribution >= 0.6 is 0 Å². The minimum Gasteiger partial charge on any atom is -0.496 e. The van der Waals surface area contributed by atoms with Crippen LogP contribution < -0.4 is 9.92 Å². The van der Waals surface area contributed by atoms with Crippen LogP contribution in [0.25, 0.3) is 0 Å². The Balaban J connectivity index is 3.75. The summed E-state index contributed by atoms with van der Waals surface area (Å²) in [5, 5.41) is 22.2. The van der Waals surface area contributed by atoms with Gasteiger partial charge in [0.15, 0.2) is 0 Å². The van der Waals surface area contributed by atoms with Crippen molar-refractivity contribution in [2.75, 3.05) is 14.2 Å². The van der Waals surface area contributed by atoms with E-state index in [-0.39, 0.29) is 6.61 Å². The molecule has 0 fully saturated rings. The molecule has 0 aliphatic heterocycles. The second-order valence-electron chi connectivity index (χ2n) is 7.80. The van der Waals surface area contributed by atoms with Gasteiger partial charge in [-0.3, -0.25) is 4.79 Å². The summed E-state index contributed by atoms with van der Waals surface area (Å²) >= 11 is 0. The molecule has 2 N–H and O–H groups in total. The predicted molar refractivity (Wildman–Crippen MR) is 97.3 cm³/mol. The van der Waals surface area contributed by atoms with Gasteiger partial charge in [-0.1, -0.05) is 30.9 Å². The van der Waals surface area contributed by atoms with E-state index in [9.17, 15) is 15.0 Å². The van der Waals surface area contributed by atoms with Crippen molar-refractivity contribution in [3.63, 3.8) is 0 Å². The van der Waals surface area contributed by atoms with Crippen molar-refractivity contribution in [2.45, 2.75) is 52.6 Å². The number of aliphatic hydroxyl groups is 2. The Morgan fingerprint density at radius 3 is 2.08 bits per heavy atom. The molecule has 0 radical (unpaired) electrons. The Labute approximate surface area is 145 Å². The van der Waals surface area contributed by atoms with Gasteiger partial charge in [-0.05, 0) is 32.4 Å². The highest BCUT2D eigenvalue weighted by molar-refractivity contribution is 6.88. The Bertz CT molecular complexity index is 615. The number of ether oxygens (including phenoxy) is 2. The van der Waals surface area contributed by atoms with E-state index in [0.29, 0.717) is 16.9 Å². The molecule has 0 spiro atoms. The number of esters is 1. The molecule has 0 amide bonds. The van der Waals surface area contributed by atoms with E-state index in [2.05, 4.69) is 19.6 Å². The van der Waals surface area contributed by atoms with Gasteiger partial charge in [0.25, 0.3) is 0 Å². The summed E-state index contributed by atoms with van der Waals surface area (Å²) in [7, 11) is 1.12. The zero-order chi connectivity index (χ0) is 18.9. The molecule has 0 aliphatic rings. The molecule has 1 atom stereocenters. The van der Waals surface area contributed by atoms with Crippen LogP contribution in [0.3, 0.4) is 0 Å². The van der Waals surface area contributed by atoms with E-state index in [1.54, 1.807) is 20.8 Å². The van der Waals surface area contributed by atoms with Crippen LogP contribution in [0.2, 0.25) is 19.6 Å². The minimum absolute atomic E-state index is 0.294. The van der Waals surface area contributed by atoms with Crippen molar-refractivity contribution < 1.29 is 24.5 Å². The first kappa shape index (κ1) is 20.7. The zero-order valence-electron chi connectivity index (χ0n) is 16.0. The minimum atomic E-state index is -1.71. The summed E-state index contributed by atoms with van der Waals surface area (Å²) in [6.45, 7) is 11.1. The average molecular weight is 355 g/mol. The first-order valence-electron chi connectivity index (χ1n) is 7.98. The number of hydrogen-bond acceptors (Lipinski definition) is 5. The Morgan fingerprint density at radius 2 is 1.71 bits per heavy atom. The Morgan fingerprint density at radius 1 is 1.17 bits per heavy atom. The van der Waals surface area contributed by atoms with Crippen LogP contribution in [0.1, 0.15) is 31.9 Å². The third-order valence-electron chi connectivity index (χ3n) is 4.89. The summed E-state index contributed by atoms with van der Waals surface area (Å²) in [6, 6.07) is 3.81. The van der Waals surface area contributed by atoms with E-state index < -0.39 is 25.1 Å². The quantitative estimate of drug-likeness (QED) is 0.605. The molecule has 6 heteroatoms. The first-order chi connectivity index (χ1) is 10.8. The second-order valence-corrected chi connectivity index (χ2v) is 12.9. The fourth-order valence-electron chi connectivity index (χ4n) is 2.65. The van der Waals surface area contributed by atoms with Crippen LogP contribution in [0.15, 0.2) is 12.1 Å². The monoisotopic (exact) mass is 354 g/mol. The molecule has 0 bridgehead atoms. The Hall–Kier alpha value is -1.37. The molecule has 1 aromatic rings. The van der Waals surface area contributed by atoms with Crippen molar-refractivity contribution in [2.24, 2.45) is 5.41 Å². The highest BCUT2D eigenvalue weighted by atomic mass is 28.3. The van der Waals surface area contributed by atoms with E-state index in [1.807, 2.05) is 12.1 Å². The predicted octanol–water partition coefficient (Wildman–Crippen LogP) is 2.14. The topological polar surface area (TPSA) is 76.0 Å². The SMILES string of the molecule is COC(=O)C(C)(C)C(C)(O)c1cc([Si](C)(C)C)cc(OC)c1CO. The lowest BCUT2D eigenvalue weighted by Crippen LogP contribution is -2.47. The lowest BCUT2D eigenvalue weighted by Gasteiger charge is -2.40. The third-order valence-corrected chi connectivity index (χ3v) is 6.91. The van der Waals surface area contributed by atoms with Crippen molar-refractivity contribution in [3.8, 4) is 5.75 Å². The maximum absolute atomic E-state index is 12.2. The zero-order valence-corrected chi connectivity index (χ0v) is 17.0. The molecule has 5 nitrogen and oxygen atoms in total.